The molecule has 1 saturated heterocycles. The number of benzene rings is 1. The number of nitrogens with zero attached hydrogens (tertiary/aromatic N) is 1. The van der Waals surface area contributed by atoms with Gasteiger partial charge in [0.25, 0.3) is 0 Å². The average Bonchev–Trinajstić information content (AvgIpc) is 2.35. The lowest BCUT2D eigenvalue weighted by Crippen LogP contribution is -2.46. The highest BCUT2D eigenvalue weighted by Gasteiger charge is 2.32. The third-order valence-corrected chi connectivity index (χ3v) is 4.11. The van der Waals surface area contributed by atoms with Crippen LogP contribution in [0.25, 0.3) is 0 Å². The van der Waals surface area contributed by atoms with Crippen molar-refractivity contribution < 1.29 is 5.11 Å². The van der Waals surface area contributed by atoms with Gasteiger partial charge in [-0.3, -0.25) is 0 Å². The Labute approximate surface area is 121 Å². The van der Waals surface area contributed by atoms with Crippen LogP contribution in [-0.4, -0.2) is 35.2 Å². The van der Waals surface area contributed by atoms with Gasteiger partial charge in [0.15, 0.2) is 0 Å². The Kier molecular flexibility index (Phi) is 4.88. The van der Waals surface area contributed by atoms with Crippen LogP contribution in [0.3, 0.4) is 0 Å². The Balaban J connectivity index is 1.89. The van der Waals surface area contributed by atoms with Crippen molar-refractivity contribution in [3.8, 4) is 0 Å². The number of halogens is 1. The van der Waals surface area contributed by atoms with Gasteiger partial charge in [0.05, 0.1) is 5.60 Å². The van der Waals surface area contributed by atoms with Gasteiger partial charge in [-0.2, -0.15) is 0 Å². The first-order valence-corrected chi connectivity index (χ1v) is 7.54. The van der Waals surface area contributed by atoms with E-state index < -0.39 is 5.60 Å². The van der Waals surface area contributed by atoms with Gasteiger partial charge >= 0.3 is 0 Å². The topological polar surface area (TPSA) is 23.5 Å². The Morgan fingerprint density at radius 1 is 1.21 bits per heavy atom. The molecule has 106 valence electrons. The second-order valence-corrected chi connectivity index (χ2v) is 6.66. The maximum atomic E-state index is 10.7. The lowest BCUT2D eigenvalue weighted by atomic mass is 9.85. The molecular formula is C16H24ClNO. The van der Waals surface area contributed by atoms with Gasteiger partial charge in [-0.15, -0.1) is 0 Å². The predicted molar refractivity (Wildman–Crippen MR) is 80.6 cm³/mol. The van der Waals surface area contributed by atoms with Crippen LogP contribution in [-0.2, 0) is 6.42 Å². The van der Waals surface area contributed by atoms with E-state index in [-0.39, 0.29) is 0 Å². The summed E-state index contributed by atoms with van der Waals surface area (Å²) in [4.78, 5) is 2.46. The molecule has 1 heterocycles. The molecule has 1 aromatic rings. The Morgan fingerprint density at radius 2 is 1.79 bits per heavy atom. The van der Waals surface area contributed by atoms with Crippen molar-refractivity contribution in [1.29, 1.82) is 0 Å². The van der Waals surface area contributed by atoms with Crippen LogP contribution < -0.4 is 0 Å². The quantitative estimate of drug-likeness (QED) is 0.915. The minimum Gasteiger partial charge on any atom is -0.389 e. The van der Waals surface area contributed by atoms with E-state index in [0.717, 1.165) is 43.9 Å². The highest BCUT2D eigenvalue weighted by molar-refractivity contribution is 6.30. The first-order valence-electron chi connectivity index (χ1n) is 7.16. The van der Waals surface area contributed by atoms with Crippen LogP contribution >= 0.6 is 11.6 Å². The van der Waals surface area contributed by atoms with E-state index in [2.05, 4.69) is 18.7 Å². The Morgan fingerprint density at radius 3 is 2.32 bits per heavy atom. The van der Waals surface area contributed by atoms with Crippen LogP contribution in [0.5, 0.6) is 0 Å². The molecule has 0 bridgehead atoms. The van der Waals surface area contributed by atoms with Crippen molar-refractivity contribution >= 4 is 11.6 Å². The van der Waals surface area contributed by atoms with Crippen LogP contribution in [0.1, 0.15) is 32.3 Å². The lowest BCUT2D eigenvalue weighted by molar-refractivity contribution is -0.0227. The van der Waals surface area contributed by atoms with Crippen molar-refractivity contribution in [1.82, 2.24) is 4.90 Å². The fraction of sp³-hybridized carbons (Fsp3) is 0.625. The van der Waals surface area contributed by atoms with E-state index in [1.54, 1.807) is 0 Å². The molecule has 0 amide bonds. The molecule has 2 nitrogen and oxygen atoms in total. The molecule has 1 aliphatic rings. The first-order chi connectivity index (χ1) is 8.97. The van der Waals surface area contributed by atoms with Gasteiger partial charge in [0.2, 0.25) is 0 Å². The summed E-state index contributed by atoms with van der Waals surface area (Å²) in [6.45, 7) is 7.63. The van der Waals surface area contributed by atoms with Gasteiger partial charge in [-0.05, 0) is 36.5 Å². The third kappa shape index (κ3) is 4.48. The van der Waals surface area contributed by atoms with E-state index in [1.165, 1.54) is 5.56 Å². The van der Waals surface area contributed by atoms with Crippen molar-refractivity contribution in [3.63, 3.8) is 0 Å². The summed E-state index contributed by atoms with van der Waals surface area (Å²) in [5, 5.41) is 11.4. The molecular weight excluding hydrogens is 258 g/mol. The number of hydrogen-bond donors (Lipinski definition) is 1. The van der Waals surface area contributed by atoms with Crippen LogP contribution in [0.15, 0.2) is 24.3 Å². The Bertz CT molecular complexity index is 394. The van der Waals surface area contributed by atoms with Gasteiger partial charge < -0.3 is 10.0 Å². The zero-order valence-corrected chi connectivity index (χ0v) is 12.7. The molecule has 0 atom stereocenters. The molecule has 0 unspecified atom stereocenters. The second-order valence-electron chi connectivity index (χ2n) is 6.22. The summed E-state index contributed by atoms with van der Waals surface area (Å²) in [5.41, 5.74) is 0.630. The minimum atomic E-state index is -0.540. The zero-order valence-electron chi connectivity index (χ0n) is 11.9. The smallest absolute Gasteiger partial charge is 0.0712 e. The molecule has 3 heteroatoms. The molecule has 0 aliphatic carbocycles. The van der Waals surface area contributed by atoms with Crippen molar-refractivity contribution in [2.45, 2.75) is 38.7 Å². The predicted octanol–water partition coefficient (Wildman–Crippen LogP) is 3.37. The normalized spacial score (nSPS) is 19.8. The standard InChI is InChI=1S/C16H24ClNO/c1-13(2)12-18-9-7-16(19,8-10-18)11-14-3-5-15(17)6-4-14/h3-6,13,19H,7-12H2,1-2H3. The molecule has 1 aromatic carbocycles. The van der Waals surface area contributed by atoms with Crippen molar-refractivity contribution in [2.24, 2.45) is 5.92 Å². The van der Waals surface area contributed by atoms with Crippen LogP contribution in [0.4, 0.5) is 0 Å². The van der Waals surface area contributed by atoms with Gasteiger partial charge in [-0.25, -0.2) is 0 Å². The van der Waals surface area contributed by atoms with Gasteiger partial charge in [0, 0.05) is 31.1 Å². The number of rotatable bonds is 4. The summed E-state index contributed by atoms with van der Waals surface area (Å²) in [5.74, 6) is 0.697. The molecule has 0 saturated carbocycles. The summed E-state index contributed by atoms with van der Waals surface area (Å²) in [6, 6.07) is 7.82. The zero-order chi connectivity index (χ0) is 13.9. The number of hydrogen-bond acceptors (Lipinski definition) is 2. The Hall–Kier alpha value is -0.570. The second kappa shape index (κ2) is 6.25. The SMILES string of the molecule is CC(C)CN1CCC(O)(Cc2ccc(Cl)cc2)CC1. The lowest BCUT2D eigenvalue weighted by Gasteiger charge is -2.39. The summed E-state index contributed by atoms with van der Waals surface area (Å²) >= 11 is 5.89. The summed E-state index contributed by atoms with van der Waals surface area (Å²) in [7, 11) is 0. The minimum absolute atomic E-state index is 0.540. The van der Waals surface area contributed by atoms with E-state index in [9.17, 15) is 5.11 Å². The van der Waals surface area contributed by atoms with Gasteiger partial charge in [-0.1, -0.05) is 37.6 Å². The average molecular weight is 282 g/mol. The van der Waals surface area contributed by atoms with Crippen LogP contribution in [0.2, 0.25) is 5.02 Å². The molecule has 0 aromatic heterocycles. The summed E-state index contributed by atoms with van der Waals surface area (Å²) < 4.78 is 0. The molecule has 0 spiro atoms. The monoisotopic (exact) mass is 281 g/mol. The van der Waals surface area contributed by atoms with E-state index in [0.29, 0.717) is 5.92 Å². The molecule has 1 fully saturated rings. The largest absolute Gasteiger partial charge is 0.389 e. The van der Waals surface area contributed by atoms with Gasteiger partial charge in [0.1, 0.15) is 0 Å². The van der Waals surface area contributed by atoms with E-state index in [4.69, 9.17) is 11.6 Å². The highest BCUT2D eigenvalue weighted by Crippen LogP contribution is 2.27. The molecule has 0 radical (unpaired) electrons. The van der Waals surface area contributed by atoms with E-state index in [1.807, 2.05) is 24.3 Å². The number of piperidine rings is 1. The first kappa shape index (κ1) is 14.8. The van der Waals surface area contributed by atoms with E-state index >= 15 is 0 Å². The molecule has 1 aliphatic heterocycles. The molecule has 2 rings (SSSR count). The maximum absolute atomic E-state index is 10.7. The van der Waals surface area contributed by atoms with Crippen LogP contribution in [0, 0.1) is 5.92 Å². The summed E-state index contributed by atoms with van der Waals surface area (Å²) in [6.07, 6.45) is 2.46. The molecule has 1 N–H and O–H groups in total. The fourth-order valence-electron chi connectivity index (χ4n) is 2.83. The third-order valence-electron chi connectivity index (χ3n) is 3.86. The molecule has 19 heavy (non-hydrogen) atoms. The fourth-order valence-corrected chi connectivity index (χ4v) is 2.95. The number of likely N-dealkylation sites (tertiary alicyclic amines) is 1. The maximum Gasteiger partial charge on any atom is 0.0712 e. The highest BCUT2D eigenvalue weighted by atomic mass is 35.5. The number of aliphatic hydroxyl groups is 1. The van der Waals surface area contributed by atoms with Crippen molar-refractivity contribution in [2.75, 3.05) is 19.6 Å². The van der Waals surface area contributed by atoms with Crippen molar-refractivity contribution in [3.05, 3.63) is 34.9 Å².